The fraction of sp³-hybridized carbons (Fsp3) is 0.467. The molecule has 2 aliphatic rings. The van der Waals surface area contributed by atoms with E-state index in [1.807, 2.05) is 6.92 Å². The zero-order valence-electron chi connectivity index (χ0n) is 12.6. The number of aliphatic hydroxyl groups is 1. The summed E-state index contributed by atoms with van der Waals surface area (Å²) in [6.07, 6.45) is 1.45. The van der Waals surface area contributed by atoms with Gasteiger partial charge in [0, 0.05) is 17.8 Å². The Morgan fingerprint density at radius 1 is 1.10 bits per heavy atom. The Morgan fingerprint density at radius 3 is 2.62 bits per heavy atom. The van der Waals surface area contributed by atoms with Crippen molar-refractivity contribution in [3.63, 3.8) is 0 Å². The van der Waals surface area contributed by atoms with E-state index in [-0.39, 0.29) is 30.5 Å². The van der Waals surface area contributed by atoms with E-state index >= 15 is 0 Å². The van der Waals surface area contributed by atoms with E-state index in [4.69, 9.17) is 0 Å². The quantitative estimate of drug-likeness (QED) is 0.491. The molecule has 1 aromatic carbocycles. The van der Waals surface area contributed by atoms with E-state index in [0.717, 1.165) is 5.69 Å². The predicted octanol–water partition coefficient (Wildman–Crippen LogP) is 1.21. The number of fused-ring (bicyclic) bond motifs is 1. The van der Waals surface area contributed by atoms with E-state index in [1.54, 1.807) is 6.08 Å². The fourth-order valence-corrected chi connectivity index (χ4v) is 2.84. The molecule has 0 saturated carbocycles. The molecule has 0 saturated heterocycles. The molecule has 0 radical (unpaired) electrons. The summed E-state index contributed by atoms with van der Waals surface area (Å²) in [4.78, 5) is 0. The van der Waals surface area contributed by atoms with E-state index < -0.39 is 0 Å². The standard InChI is InChI=1S/C15H23N5O/c1-8-4-5-11-10(3)17-15(18-12(11)6-8)20-14-16-9(2)7-13(21)19-14/h4-7,9-10,14-21H,1-3H3. The molecule has 2 heterocycles. The summed E-state index contributed by atoms with van der Waals surface area (Å²) in [6, 6.07) is 6.80. The van der Waals surface area contributed by atoms with Gasteiger partial charge >= 0.3 is 0 Å². The summed E-state index contributed by atoms with van der Waals surface area (Å²) in [5.74, 6) is 0.193. The summed E-state index contributed by atoms with van der Waals surface area (Å²) in [6.45, 7) is 6.23. The van der Waals surface area contributed by atoms with Gasteiger partial charge in [-0.05, 0) is 44.0 Å². The van der Waals surface area contributed by atoms with E-state index in [0.29, 0.717) is 0 Å². The van der Waals surface area contributed by atoms with Crippen molar-refractivity contribution in [3.05, 3.63) is 41.3 Å². The molecule has 0 spiro atoms. The van der Waals surface area contributed by atoms with Crippen LogP contribution in [0.5, 0.6) is 0 Å². The highest BCUT2D eigenvalue weighted by Crippen LogP contribution is 2.28. The van der Waals surface area contributed by atoms with Gasteiger partial charge in [0.2, 0.25) is 0 Å². The number of rotatable bonds is 2. The van der Waals surface area contributed by atoms with Gasteiger partial charge in [0.25, 0.3) is 0 Å². The third-order valence-electron chi connectivity index (χ3n) is 3.85. The number of nitrogens with one attached hydrogen (secondary N) is 5. The Labute approximate surface area is 125 Å². The Balaban J connectivity index is 1.70. The highest BCUT2D eigenvalue weighted by atomic mass is 16.3. The minimum absolute atomic E-state index is 0.0857. The maximum Gasteiger partial charge on any atom is 0.183 e. The van der Waals surface area contributed by atoms with Crippen LogP contribution in [-0.4, -0.2) is 23.7 Å². The van der Waals surface area contributed by atoms with Gasteiger partial charge in [0.1, 0.15) is 12.6 Å². The molecule has 0 bridgehead atoms. The summed E-state index contributed by atoms with van der Waals surface area (Å²) in [7, 11) is 0. The van der Waals surface area contributed by atoms with Crippen molar-refractivity contribution in [1.82, 2.24) is 21.3 Å². The molecule has 6 nitrogen and oxygen atoms in total. The normalized spacial score (nSPS) is 31.7. The number of aliphatic hydroxyl groups excluding tert-OH is 1. The first-order chi connectivity index (χ1) is 10.0. The van der Waals surface area contributed by atoms with Crippen molar-refractivity contribution in [1.29, 1.82) is 0 Å². The molecule has 1 aromatic rings. The SMILES string of the molecule is Cc1ccc2c(c1)NC(NC1NC(O)=CC(C)N1)NC2C. The van der Waals surface area contributed by atoms with Crippen molar-refractivity contribution in [3.8, 4) is 0 Å². The fourth-order valence-electron chi connectivity index (χ4n) is 2.84. The topological polar surface area (TPSA) is 80.4 Å². The first-order valence-corrected chi connectivity index (χ1v) is 7.34. The highest BCUT2D eigenvalue weighted by molar-refractivity contribution is 5.56. The number of benzene rings is 1. The van der Waals surface area contributed by atoms with Crippen molar-refractivity contribution >= 4 is 5.69 Å². The average molecular weight is 289 g/mol. The average Bonchev–Trinajstić information content (AvgIpc) is 2.36. The lowest BCUT2D eigenvalue weighted by Crippen LogP contribution is -2.65. The zero-order chi connectivity index (χ0) is 15.0. The van der Waals surface area contributed by atoms with Gasteiger partial charge < -0.3 is 15.7 Å². The lowest BCUT2D eigenvalue weighted by atomic mass is 10.0. The van der Waals surface area contributed by atoms with Crippen LogP contribution < -0.4 is 26.6 Å². The Bertz CT molecular complexity index is 559. The van der Waals surface area contributed by atoms with Crippen LogP contribution in [0.2, 0.25) is 0 Å². The largest absolute Gasteiger partial charge is 0.495 e. The Kier molecular flexibility index (Phi) is 3.75. The van der Waals surface area contributed by atoms with Crippen molar-refractivity contribution in [2.75, 3.05) is 5.32 Å². The van der Waals surface area contributed by atoms with Crippen LogP contribution in [-0.2, 0) is 0 Å². The minimum atomic E-state index is -0.200. The monoisotopic (exact) mass is 289 g/mol. The molecule has 0 aromatic heterocycles. The zero-order valence-corrected chi connectivity index (χ0v) is 12.6. The second-order valence-electron chi connectivity index (χ2n) is 5.81. The summed E-state index contributed by atoms with van der Waals surface area (Å²) in [5.41, 5.74) is 3.64. The molecule has 0 aliphatic carbocycles. The van der Waals surface area contributed by atoms with Gasteiger partial charge in [0.05, 0.1) is 0 Å². The van der Waals surface area contributed by atoms with Gasteiger partial charge in [-0.2, -0.15) is 0 Å². The van der Waals surface area contributed by atoms with Crippen LogP contribution in [0.25, 0.3) is 0 Å². The molecule has 3 rings (SSSR count). The highest BCUT2D eigenvalue weighted by Gasteiger charge is 2.26. The molecule has 2 aliphatic heterocycles. The number of hydrogen-bond acceptors (Lipinski definition) is 6. The van der Waals surface area contributed by atoms with Crippen LogP contribution in [0.1, 0.15) is 31.0 Å². The van der Waals surface area contributed by atoms with Gasteiger partial charge in [-0.1, -0.05) is 12.1 Å². The summed E-state index contributed by atoms with van der Waals surface area (Å²) < 4.78 is 0. The maximum atomic E-state index is 9.65. The van der Waals surface area contributed by atoms with Crippen molar-refractivity contribution < 1.29 is 5.11 Å². The maximum absolute atomic E-state index is 9.65. The number of aryl methyl sites for hydroxylation is 1. The number of anilines is 1. The third-order valence-corrected chi connectivity index (χ3v) is 3.85. The molecule has 6 heteroatoms. The summed E-state index contributed by atoms with van der Waals surface area (Å²) in [5, 5.41) is 26.2. The van der Waals surface area contributed by atoms with E-state index in [1.165, 1.54) is 11.1 Å². The second kappa shape index (κ2) is 5.55. The molecular formula is C15H23N5O. The van der Waals surface area contributed by atoms with E-state index in [9.17, 15) is 5.11 Å². The van der Waals surface area contributed by atoms with Crippen molar-refractivity contribution in [2.45, 2.75) is 45.4 Å². The predicted molar refractivity (Wildman–Crippen MR) is 83.5 cm³/mol. The van der Waals surface area contributed by atoms with Gasteiger partial charge in [-0.25, -0.2) is 0 Å². The van der Waals surface area contributed by atoms with Crippen molar-refractivity contribution in [2.24, 2.45) is 0 Å². The van der Waals surface area contributed by atoms with E-state index in [2.05, 4.69) is 58.6 Å². The Morgan fingerprint density at radius 2 is 1.86 bits per heavy atom. The molecule has 6 N–H and O–H groups in total. The van der Waals surface area contributed by atoms with Gasteiger partial charge in [-0.15, -0.1) is 0 Å². The molecule has 4 atom stereocenters. The lowest BCUT2D eigenvalue weighted by Gasteiger charge is -2.38. The van der Waals surface area contributed by atoms with Gasteiger partial charge in [0.15, 0.2) is 5.88 Å². The first-order valence-electron chi connectivity index (χ1n) is 7.34. The lowest BCUT2D eigenvalue weighted by molar-refractivity contribution is 0.231. The smallest absolute Gasteiger partial charge is 0.183 e. The molecule has 0 fully saturated rings. The molecule has 114 valence electrons. The van der Waals surface area contributed by atoms with Crippen LogP contribution in [0.3, 0.4) is 0 Å². The first kappa shape index (κ1) is 14.2. The second-order valence-corrected chi connectivity index (χ2v) is 5.81. The Hall–Kier alpha value is -1.76. The van der Waals surface area contributed by atoms with Crippen LogP contribution in [0.15, 0.2) is 30.2 Å². The third kappa shape index (κ3) is 3.12. The molecular weight excluding hydrogens is 266 g/mol. The minimum Gasteiger partial charge on any atom is -0.495 e. The molecule has 4 unspecified atom stereocenters. The number of hydrogen-bond donors (Lipinski definition) is 6. The molecule has 0 amide bonds. The van der Waals surface area contributed by atoms with Gasteiger partial charge in [-0.3, -0.25) is 16.0 Å². The van der Waals surface area contributed by atoms with Crippen LogP contribution in [0.4, 0.5) is 5.69 Å². The molecule has 21 heavy (non-hydrogen) atoms. The van der Waals surface area contributed by atoms with Crippen LogP contribution >= 0.6 is 0 Å². The van der Waals surface area contributed by atoms with Crippen LogP contribution in [0, 0.1) is 6.92 Å². The summed E-state index contributed by atoms with van der Waals surface area (Å²) >= 11 is 0.